The smallest absolute Gasteiger partial charge is 0.236 e. The Morgan fingerprint density at radius 3 is 3.12 bits per heavy atom. The number of nitrogens with zero attached hydrogens (tertiary/aromatic N) is 3. The molecule has 4 rings (SSSR count). The first-order valence-corrected chi connectivity index (χ1v) is 8.23. The van der Waals surface area contributed by atoms with Crippen LogP contribution in [0.3, 0.4) is 0 Å². The predicted octanol–water partition coefficient (Wildman–Crippen LogP) is 1.98. The van der Waals surface area contributed by atoms with Gasteiger partial charge in [-0.2, -0.15) is 0 Å². The van der Waals surface area contributed by atoms with Gasteiger partial charge >= 0.3 is 0 Å². The number of nitrogens with two attached hydrogens (primary N) is 1. The van der Waals surface area contributed by atoms with Crippen molar-refractivity contribution in [3.8, 4) is 11.6 Å². The minimum Gasteiger partial charge on any atom is -0.439 e. The van der Waals surface area contributed by atoms with Crippen molar-refractivity contribution in [3.63, 3.8) is 0 Å². The third-order valence-electron chi connectivity index (χ3n) is 4.58. The van der Waals surface area contributed by atoms with Crippen LogP contribution in [0, 0.1) is 0 Å². The highest BCUT2D eigenvalue weighted by atomic mass is 16.5. The molecule has 25 heavy (non-hydrogen) atoms. The maximum absolute atomic E-state index is 12.0. The third kappa shape index (κ3) is 2.83. The SMILES string of the molecule is C[C@H]1Cc2c(ncnc2Oc2ccc3[nH]ccc3c2)CN1C(=O)CN. The maximum atomic E-state index is 12.0. The van der Waals surface area contributed by atoms with Crippen LogP contribution in [0.25, 0.3) is 10.9 Å². The van der Waals surface area contributed by atoms with E-state index in [1.165, 1.54) is 6.33 Å². The van der Waals surface area contributed by atoms with E-state index < -0.39 is 0 Å². The fraction of sp³-hybridized carbons (Fsp3) is 0.278. The second-order valence-electron chi connectivity index (χ2n) is 6.21. The number of hydrogen-bond donors (Lipinski definition) is 2. The minimum absolute atomic E-state index is 0.00475. The Morgan fingerprint density at radius 1 is 1.40 bits per heavy atom. The Balaban J connectivity index is 1.65. The Labute approximate surface area is 144 Å². The van der Waals surface area contributed by atoms with Crippen LogP contribution >= 0.6 is 0 Å². The molecule has 1 aliphatic heterocycles. The summed E-state index contributed by atoms with van der Waals surface area (Å²) in [6, 6.07) is 7.88. The van der Waals surface area contributed by atoms with Gasteiger partial charge in [-0.1, -0.05) is 0 Å². The molecule has 128 valence electrons. The molecule has 1 atom stereocenters. The Hall–Kier alpha value is -2.93. The number of carbonyl (C=O) groups excluding carboxylic acids is 1. The van der Waals surface area contributed by atoms with Gasteiger partial charge in [0.1, 0.15) is 12.1 Å². The number of benzene rings is 1. The van der Waals surface area contributed by atoms with E-state index in [2.05, 4.69) is 15.0 Å². The zero-order valence-electron chi connectivity index (χ0n) is 13.9. The number of aromatic nitrogens is 3. The molecule has 0 saturated carbocycles. The predicted molar refractivity (Wildman–Crippen MR) is 93.2 cm³/mol. The number of hydrogen-bond acceptors (Lipinski definition) is 5. The van der Waals surface area contributed by atoms with E-state index in [9.17, 15) is 4.79 Å². The van der Waals surface area contributed by atoms with Crippen LogP contribution in [-0.4, -0.2) is 38.3 Å². The zero-order chi connectivity index (χ0) is 17.4. The lowest BCUT2D eigenvalue weighted by Gasteiger charge is -2.34. The summed E-state index contributed by atoms with van der Waals surface area (Å²) >= 11 is 0. The normalized spacial score (nSPS) is 16.7. The highest BCUT2D eigenvalue weighted by molar-refractivity contribution is 5.81. The van der Waals surface area contributed by atoms with Crippen molar-refractivity contribution in [2.45, 2.75) is 25.9 Å². The fourth-order valence-corrected chi connectivity index (χ4v) is 3.24. The van der Waals surface area contributed by atoms with Crippen LogP contribution < -0.4 is 10.5 Å². The molecule has 0 bridgehead atoms. The highest BCUT2D eigenvalue weighted by Gasteiger charge is 2.29. The Kier molecular flexibility index (Phi) is 3.85. The van der Waals surface area contributed by atoms with Gasteiger partial charge < -0.3 is 20.4 Å². The standard InChI is InChI=1S/C18H19N5O2/c1-11-6-14-16(9-23(11)17(24)8-19)21-10-22-18(14)25-13-2-3-15-12(7-13)4-5-20-15/h2-5,7,10-11,20H,6,8-9,19H2,1H3/t11-/m0/s1. The second kappa shape index (κ2) is 6.18. The lowest BCUT2D eigenvalue weighted by Crippen LogP contribution is -2.45. The number of amides is 1. The van der Waals surface area contributed by atoms with Gasteiger partial charge in [-0.25, -0.2) is 9.97 Å². The van der Waals surface area contributed by atoms with E-state index in [4.69, 9.17) is 10.5 Å². The van der Waals surface area contributed by atoms with Gasteiger partial charge in [0.15, 0.2) is 0 Å². The van der Waals surface area contributed by atoms with E-state index in [1.54, 1.807) is 4.90 Å². The molecule has 1 amide bonds. The molecule has 0 radical (unpaired) electrons. The molecule has 1 aliphatic rings. The van der Waals surface area contributed by atoms with Crippen molar-refractivity contribution < 1.29 is 9.53 Å². The van der Waals surface area contributed by atoms with Gasteiger partial charge in [0.25, 0.3) is 0 Å². The number of rotatable bonds is 3. The van der Waals surface area contributed by atoms with Crippen LogP contribution in [0.2, 0.25) is 0 Å². The molecule has 0 aliphatic carbocycles. The summed E-state index contributed by atoms with van der Waals surface area (Å²) in [4.78, 5) is 25.5. The van der Waals surface area contributed by atoms with Gasteiger partial charge in [-0.05, 0) is 37.6 Å². The van der Waals surface area contributed by atoms with E-state index >= 15 is 0 Å². The van der Waals surface area contributed by atoms with Gasteiger partial charge in [0.05, 0.1) is 18.8 Å². The molecular formula is C18H19N5O2. The van der Waals surface area contributed by atoms with E-state index in [-0.39, 0.29) is 18.5 Å². The zero-order valence-corrected chi connectivity index (χ0v) is 13.9. The van der Waals surface area contributed by atoms with E-state index in [0.717, 1.165) is 27.9 Å². The molecule has 3 aromatic rings. The average Bonchev–Trinajstić information content (AvgIpc) is 3.09. The van der Waals surface area contributed by atoms with Gasteiger partial charge in [-0.3, -0.25) is 4.79 Å². The number of H-pyrrole nitrogens is 1. The van der Waals surface area contributed by atoms with Crippen molar-refractivity contribution in [1.82, 2.24) is 19.9 Å². The number of fused-ring (bicyclic) bond motifs is 2. The molecule has 0 fully saturated rings. The first kappa shape index (κ1) is 15.6. The van der Waals surface area contributed by atoms with Crippen LogP contribution in [0.1, 0.15) is 18.2 Å². The Morgan fingerprint density at radius 2 is 2.28 bits per heavy atom. The van der Waals surface area contributed by atoms with Crippen LogP contribution in [-0.2, 0) is 17.8 Å². The highest BCUT2D eigenvalue weighted by Crippen LogP contribution is 2.31. The number of ether oxygens (including phenoxy) is 1. The largest absolute Gasteiger partial charge is 0.439 e. The first-order valence-electron chi connectivity index (χ1n) is 8.23. The molecule has 0 saturated heterocycles. The molecule has 3 N–H and O–H groups in total. The van der Waals surface area contributed by atoms with Crippen LogP contribution in [0.4, 0.5) is 0 Å². The number of aromatic amines is 1. The topological polar surface area (TPSA) is 97.1 Å². The van der Waals surface area contributed by atoms with Gasteiger partial charge in [0, 0.05) is 28.7 Å². The Bertz CT molecular complexity index is 936. The maximum Gasteiger partial charge on any atom is 0.236 e. The lowest BCUT2D eigenvalue weighted by atomic mass is 9.99. The van der Waals surface area contributed by atoms with Crippen molar-refractivity contribution in [2.75, 3.05) is 6.54 Å². The van der Waals surface area contributed by atoms with Crippen molar-refractivity contribution in [3.05, 3.63) is 48.0 Å². The fourth-order valence-electron chi connectivity index (χ4n) is 3.24. The molecule has 3 heterocycles. The molecule has 7 heteroatoms. The minimum atomic E-state index is -0.0721. The molecule has 0 spiro atoms. The molecule has 1 aromatic carbocycles. The molecule has 2 aromatic heterocycles. The second-order valence-corrected chi connectivity index (χ2v) is 6.21. The quantitative estimate of drug-likeness (QED) is 0.762. The lowest BCUT2D eigenvalue weighted by molar-refractivity contribution is -0.132. The molecule has 7 nitrogen and oxygen atoms in total. The first-order chi connectivity index (χ1) is 12.2. The average molecular weight is 337 g/mol. The molecule has 0 unspecified atom stereocenters. The van der Waals surface area contributed by atoms with Gasteiger partial charge in [0.2, 0.25) is 11.8 Å². The van der Waals surface area contributed by atoms with Crippen LogP contribution in [0.15, 0.2) is 36.8 Å². The molecular weight excluding hydrogens is 318 g/mol. The summed E-state index contributed by atoms with van der Waals surface area (Å²) < 4.78 is 6.03. The summed E-state index contributed by atoms with van der Waals surface area (Å²) in [5.41, 5.74) is 8.32. The monoisotopic (exact) mass is 337 g/mol. The van der Waals surface area contributed by atoms with E-state index in [0.29, 0.717) is 18.8 Å². The van der Waals surface area contributed by atoms with Crippen molar-refractivity contribution >= 4 is 16.8 Å². The summed E-state index contributed by atoms with van der Waals surface area (Å²) in [5, 5.41) is 1.08. The summed E-state index contributed by atoms with van der Waals surface area (Å²) in [6.07, 6.45) is 4.01. The van der Waals surface area contributed by atoms with Gasteiger partial charge in [-0.15, -0.1) is 0 Å². The summed E-state index contributed by atoms with van der Waals surface area (Å²) in [5.74, 6) is 1.20. The number of nitrogens with one attached hydrogen (secondary N) is 1. The third-order valence-corrected chi connectivity index (χ3v) is 4.58. The number of carbonyl (C=O) groups is 1. The van der Waals surface area contributed by atoms with Crippen LogP contribution in [0.5, 0.6) is 11.6 Å². The summed E-state index contributed by atoms with van der Waals surface area (Å²) in [6.45, 7) is 2.44. The van der Waals surface area contributed by atoms with E-state index in [1.807, 2.05) is 37.4 Å². The summed E-state index contributed by atoms with van der Waals surface area (Å²) in [7, 11) is 0. The van der Waals surface area contributed by atoms with Crippen molar-refractivity contribution in [1.29, 1.82) is 0 Å². The van der Waals surface area contributed by atoms with Crippen molar-refractivity contribution in [2.24, 2.45) is 5.73 Å².